The molecule has 3 aliphatic carbocycles. The molecule has 0 radical (unpaired) electrons. The van der Waals surface area contributed by atoms with E-state index in [9.17, 15) is 30.0 Å². The van der Waals surface area contributed by atoms with E-state index in [4.69, 9.17) is 28.4 Å². The van der Waals surface area contributed by atoms with Crippen molar-refractivity contribution < 1.29 is 58.4 Å². The molecule has 4 N–H and O–H groups in total. The number of carbonyl (C=O) groups is 2. The van der Waals surface area contributed by atoms with Gasteiger partial charge in [-0.3, -0.25) is 0 Å². The van der Waals surface area contributed by atoms with Crippen molar-refractivity contribution in [1.29, 1.82) is 0 Å². The average molecular weight is 777 g/mol. The Bertz CT molecular complexity index is 1770. The molecule has 2 aromatic carbocycles. The minimum atomic E-state index is -2.26. The fourth-order valence-electron chi connectivity index (χ4n) is 11.9. The van der Waals surface area contributed by atoms with Crippen LogP contribution in [0.3, 0.4) is 0 Å². The Hall–Kier alpha value is -3.20. The van der Waals surface area contributed by atoms with Crippen molar-refractivity contribution in [2.24, 2.45) is 35.5 Å². The molecule has 7 aliphatic rings. The van der Waals surface area contributed by atoms with Gasteiger partial charge in [-0.15, -0.1) is 0 Å². The number of rotatable bonds is 7. The molecule has 7 fully saturated rings. The molecule has 304 valence electrons. The number of aliphatic hydroxyl groups is 4. The SMILES string of the molecule is C=C(C)[C@@]12C[C@@H](COC(=O)c3ccccc3)[C@]3(OCO1)[C@@H]1[C@H]4C(C)CCCCCC[C@H](O)O[C@@H]2[C@@H]3C2O[C@]2(CO)[C@@H](O)[C@]1(O)[C@@H](OC(=O)c1ccccc1)C4C. The second-order valence-corrected chi connectivity index (χ2v) is 17.3. The van der Waals surface area contributed by atoms with Crippen molar-refractivity contribution in [1.82, 2.24) is 0 Å². The van der Waals surface area contributed by atoms with Gasteiger partial charge in [-0.25, -0.2) is 9.59 Å². The maximum atomic E-state index is 14.0. The van der Waals surface area contributed by atoms with Crippen molar-refractivity contribution in [3.05, 3.63) is 83.9 Å². The maximum absolute atomic E-state index is 14.0. The highest BCUT2D eigenvalue weighted by Crippen LogP contribution is 2.72. The minimum Gasteiger partial charge on any atom is -0.462 e. The van der Waals surface area contributed by atoms with Crippen LogP contribution >= 0.6 is 0 Å². The molecule has 4 heterocycles. The summed E-state index contributed by atoms with van der Waals surface area (Å²) in [6.07, 6.45) is -1.54. The van der Waals surface area contributed by atoms with Gasteiger partial charge < -0.3 is 48.8 Å². The zero-order valence-corrected chi connectivity index (χ0v) is 32.5. The van der Waals surface area contributed by atoms with Crippen molar-refractivity contribution in [2.75, 3.05) is 20.0 Å². The number of epoxide rings is 1. The van der Waals surface area contributed by atoms with E-state index < -0.39 is 101 Å². The number of hydrogen-bond acceptors (Lipinski definition) is 12. The number of fused-ring (bicyclic) bond motifs is 4. The van der Waals surface area contributed by atoms with Crippen LogP contribution in [0.15, 0.2) is 72.8 Å². The lowest BCUT2D eigenvalue weighted by Crippen LogP contribution is -2.72. The normalized spacial score (nSPS) is 44.3. The first-order valence-electron chi connectivity index (χ1n) is 20.3. The molecule has 3 saturated carbocycles. The average Bonchev–Trinajstić information content (AvgIpc) is 3.95. The van der Waals surface area contributed by atoms with Crippen molar-refractivity contribution in [3.63, 3.8) is 0 Å². The smallest absolute Gasteiger partial charge is 0.338 e. The molecule has 2 aromatic rings. The summed E-state index contributed by atoms with van der Waals surface area (Å²) >= 11 is 0. The van der Waals surface area contributed by atoms with Gasteiger partial charge in [0.25, 0.3) is 0 Å². The molecule has 15 atom stereocenters. The second-order valence-electron chi connectivity index (χ2n) is 17.3. The van der Waals surface area contributed by atoms with Gasteiger partial charge in [-0.1, -0.05) is 82.5 Å². The predicted molar refractivity (Wildman–Crippen MR) is 201 cm³/mol. The summed E-state index contributed by atoms with van der Waals surface area (Å²) in [5.41, 5.74) is -5.60. The molecule has 0 aromatic heterocycles. The molecule has 0 amide bonds. The third-order valence-corrected chi connectivity index (χ3v) is 14.5. The summed E-state index contributed by atoms with van der Waals surface area (Å²) in [4.78, 5) is 27.7. The Morgan fingerprint density at radius 2 is 1.54 bits per heavy atom. The molecular formula is C44H56O12. The van der Waals surface area contributed by atoms with Crippen LogP contribution in [-0.4, -0.2) is 105 Å². The number of hydrogen-bond donors (Lipinski definition) is 4. The lowest BCUT2D eigenvalue weighted by molar-refractivity contribution is -0.283. The molecule has 4 aliphatic heterocycles. The van der Waals surface area contributed by atoms with Crippen molar-refractivity contribution in [3.8, 4) is 0 Å². The highest BCUT2D eigenvalue weighted by Gasteiger charge is 2.87. The summed E-state index contributed by atoms with van der Waals surface area (Å²) in [5, 5.41) is 49.5. The van der Waals surface area contributed by atoms with Crippen molar-refractivity contribution in [2.45, 2.75) is 119 Å². The van der Waals surface area contributed by atoms with E-state index in [1.165, 1.54) is 0 Å². The van der Waals surface area contributed by atoms with Crippen LogP contribution in [0.1, 0.15) is 86.4 Å². The van der Waals surface area contributed by atoms with E-state index >= 15 is 0 Å². The quantitative estimate of drug-likeness (QED) is 0.176. The van der Waals surface area contributed by atoms with E-state index in [0.29, 0.717) is 17.6 Å². The van der Waals surface area contributed by atoms with Gasteiger partial charge >= 0.3 is 11.9 Å². The lowest BCUT2D eigenvalue weighted by Gasteiger charge is -2.60. The largest absolute Gasteiger partial charge is 0.462 e. The standard InChI is InChI=1S/C44H56O12/c1-25(2)41-21-30(22-51-38(47)28-16-10-7-11-17-28)44(53-24-52-41)33-36(41)54-31(46)20-14-6-5-9-15-26(3)32-27(4)35(55-39(48)29-18-12-8-13-19-29)43(50,34(32)44)40(49)42(23-45)37(33)56-42/h7-8,10-13,16-19,26-27,30-37,40,45-46,49-50H,1,5-6,9,14-15,20-24H2,2-4H3/t26?,27?,30-,31+,32-,33+,34+,35-,36+,37?,40+,41+,42-,43+,44+/m0/s1. The first-order valence-corrected chi connectivity index (χ1v) is 20.3. The molecule has 9 rings (SSSR count). The molecule has 12 nitrogen and oxygen atoms in total. The lowest BCUT2D eigenvalue weighted by atomic mass is 9.51. The second kappa shape index (κ2) is 14.9. The highest BCUT2D eigenvalue weighted by atomic mass is 16.7. The summed E-state index contributed by atoms with van der Waals surface area (Å²) < 4.78 is 39.6. The van der Waals surface area contributed by atoms with Gasteiger partial charge in [0.15, 0.2) is 6.29 Å². The van der Waals surface area contributed by atoms with Gasteiger partial charge in [0.1, 0.15) is 48.0 Å². The molecule has 5 bridgehead atoms. The highest BCUT2D eigenvalue weighted by molar-refractivity contribution is 5.90. The van der Waals surface area contributed by atoms with Crippen LogP contribution < -0.4 is 0 Å². The van der Waals surface area contributed by atoms with Crippen LogP contribution in [0.25, 0.3) is 0 Å². The van der Waals surface area contributed by atoms with Crippen LogP contribution in [0.2, 0.25) is 0 Å². The third-order valence-electron chi connectivity index (χ3n) is 14.5. The molecular weight excluding hydrogens is 720 g/mol. The molecule has 4 saturated heterocycles. The van der Waals surface area contributed by atoms with Crippen LogP contribution in [0, 0.1) is 35.5 Å². The fourth-order valence-corrected chi connectivity index (χ4v) is 11.9. The van der Waals surface area contributed by atoms with Crippen molar-refractivity contribution >= 4 is 11.9 Å². The number of benzene rings is 2. The van der Waals surface area contributed by atoms with E-state index in [1.807, 2.05) is 19.9 Å². The van der Waals surface area contributed by atoms with E-state index in [0.717, 1.165) is 32.1 Å². The number of carbonyl (C=O) groups excluding carboxylic acids is 2. The third kappa shape index (κ3) is 5.93. The monoisotopic (exact) mass is 776 g/mol. The first kappa shape index (κ1) is 39.6. The summed E-state index contributed by atoms with van der Waals surface area (Å²) in [7, 11) is 0. The fraction of sp³-hybridized carbons (Fsp3) is 0.636. The Morgan fingerprint density at radius 1 is 0.893 bits per heavy atom. The summed E-state index contributed by atoms with van der Waals surface area (Å²) in [6.45, 7) is 9.12. The zero-order valence-electron chi connectivity index (χ0n) is 32.5. The molecule has 1 spiro atoms. The topological polar surface area (TPSA) is 174 Å². The van der Waals surface area contributed by atoms with Crippen LogP contribution in [-0.2, 0) is 28.4 Å². The van der Waals surface area contributed by atoms with E-state index in [2.05, 4.69) is 13.5 Å². The van der Waals surface area contributed by atoms with E-state index in [1.54, 1.807) is 54.6 Å². The van der Waals surface area contributed by atoms with Crippen LogP contribution in [0.5, 0.6) is 0 Å². The van der Waals surface area contributed by atoms with Gasteiger partial charge in [0, 0.05) is 17.8 Å². The number of ether oxygens (including phenoxy) is 6. The number of aliphatic hydroxyl groups excluding tert-OH is 3. The van der Waals surface area contributed by atoms with Gasteiger partial charge in [-0.2, -0.15) is 0 Å². The summed E-state index contributed by atoms with van der Waals surface area (Å²) in [5.74, 6) is -4.89. The number of esters is 2. The van der Waals surface area contributed by atoms with Gasteiger partial charge in [0.2, 0.25) is 0 Å². The van der Waals surface area contributed by atoms with Gasteiger partial charge in [0.05, 0.1) is 29.9 Å². The maximum Gasteiger partial charge on any atom is 0.338 e. The summed E-state index contributed by atoms with van der Waals surface area (Å²) in [6, 6.07) is 17.2. The molecule has 12 heteroatoms. The van der Waals surface area contributed by atoms with E-state index in [-0.39, 0.29) is 31.3 Å². The predicted octanol–water partition coefficient (Wildman–Crippen LogP) is 4.57. The van der Waals surface area contributed by atoms with Crippen LogP contribution in [0.4, 0.5) is 0 Å². The van der Waals surface area contributed by atoms with Gasteiger partial charge in [-0.05, 0) is 73.8 Å². The Balaban J connectivity index is 1.36. The Morgan fingerprint density at radius 3 is 2.18 bits per heavy atom. The zero-order chi connectivity index (χ0) is 39.6. The minimum absolute atomic E-state index is 0.0781. The Labute approximate surface area is 328 Å². The molecule has 56 heavy (non-hydrogen) atoms. The first-order chi connectivity index (χ1) is 26.9. The Kier molecular flexibility index (Phi) is 10.5. The molecule has 3 unspecified atom stereocenters.